The molecule has 17 heavy (non-hydrogen) atoms. The van der Waals surface area contributed by atoms with Crippen molar-refractivity contribution in [3.8, 4) is 0 Å². The molecule has 0 aliphatic heterocycles. The summed E-state index contributed by atoms with van der Waals surface area (Å²) in [5.41, 5.74) is 3.52. The lowest BCUT2D eigenvalue weighted by Gasteiger charge is -2.34. The van der Waals surface area contributed by atoms with Crippen LogP contribution in [0.25, 0.3) is 0 Å². The number of hydrogen-bond acceptors (Lipinski definition) is 2. The Morgan fingerprint density at radius 2 is 2.06 bits per heavy atom. The van der Waals surface area contributed by atoms with Crippen molar-refractivity contribution >= 4 is 15.9 Å². The average molecular weight is 301 g/mol. The van der Waals surface area contributed by atoms with Crippen molar-refractivity contribution in [2.75, 3.05) is 0 Å². The van der Waals surface area contributed by atoms with Crippen LogP contribution in [0.2, 0.25) is 0 Å². The largest absolute Gasteiger partial charge is 0.271 e. The molecular weight excluding hydrogens is 283 g/mol. The fourth-order valence-corrected chi connectivity index (χ4v) is 3.26. The van der Waals surface area contributed by atoms with Crippen LogP contribution in [0.3, 0.4) is 0 Å². The SMILES string of the molecule is CC1(C(NN)c2cccc(Br)c2F)CCCC1. The van der Waals surface area contributed by atoms with Gasteiger partial charge < -0.3 is 0 Å². The van der Waals surface area contributed by atoms with E-state index in [1.54, 1.807) is 6.07 Å². The molecule has 1 aromatic rings. The highest BCUT2D eigenvalue weighted by atomic mass is 79.9. The van der Waals surface area contributed by atoms with Gasteiger partial charge in [-0.05, 0) is 40.3 Å². The summed E-state index contributed by atoms with van der Waals surface area (Å²) >= 11 is 3.23. The molecule has 94 valence electrons. The predicted octanol–water partition coefficient (Wildman–Crippen LogP) is 3.67. The Labute approximate surface area is 110 Å². The van der Waals surface area contributed by atoms with E-state index in [1.165, 1.54) is 12.8 Å². The third-order valence-corrected chi connectivity index (χ3v) is 4.51. The van der Waals surface area contributed by atoms with E-state index < -0.39 is 0 Å². The monoisotopic (exact) mass is 300 g/mol. The second-order valence-corrected chi connectivity index (χ2v) is 5.96. The summed E-state index contributed by atoms with van der Waals surface area (Å²) in [6.45, 7) is 2.19. The Balaban J connectivity index is 2.38. The molecule has 2 nitrogen and oxygen atoms in total. The normalized spacial score (nSPS) is 20.5. The molecule has 1 atom stereocenters. The fourth-order valence-electron chi connectivity index (χ4n) is 2.88. The van der Waals surface area contributed by atoms with Crippen LogP contribution in [0.15, 0.2) is 22.7 Å². The summed E-state index contributed by atoms with van der Waals surface area (Å²) in [4.78, 5) is 0. The predicted molar refractivity (Wildman–Crippen MR) is 70.7 cm³/mol. The molecule has 0 heterocycles. The zero-order chi connectivity index (χ0) is 12.5. The Kier molecular flexibility index (Phi) is 3.85. The summed E-state index contributed by atoms with van der Waals surface area (Å²) in [6, 6.07) is 5.26. The molecule has 1 aliphatic carbocycles. The number of hydrazine groups is 1. The number of nitrogens with one attached hydrogen (secondary N) is 1. The van der Waals surface area contributed by atoms with Gasteiger partial charge in [-0.1, -0.05) is 31.9 Å². The van der Waals surface area contributed by atoms with E-state index in [0.29, 0.717) is 10.0 Å². The van der Waals surface area contributed by atoms with E-state index in [2.05, 4.69) is 28.3 Å². The highest BCUT2D eigenvalue weighted by Crippen LogP contribution is 2.47. The molecule has 0 spiro atoms. The first kappa shape index (κ1) is 13.0. The molecule has 1 aromatic carbocycles. The van der Waals surface area contributed by atoms with Crippen LogP contribution < -0.4 is 11.3 Å². The zero-order valence-electron chi connectivity index (χ0n) is 9.97. The first-order valence-electron chi connectivity index (χ1n) is 5.98. The van der Waals surface area contributed by atoms with Crippen molar-refractivity contribution in [3.63, 3.8) is 0 Å². The van der Waals surface area contributed by atoms with E-state index in [9.17, 15) is 4.39 Å². The van der Waals surface area contributed by atoms with E-state index in [0.717, 1.165) is 12.8 Å². The summed E-state index contributed by atoms with van der Waals surface area (Å²) < 4.78 is 14.6. The lowest BCUT2D eigenvalue weighted by atomic mass is 9.77. The number of benzene rings is 1. The molecule has 0 radical (unpaired) electrons. The van der Waals surface area contributed by atoms with Gasteiger partial charge in [-0.2, -0.15) is 0 Å². The molecule has 0 amide bonds. The Bertz CT molecular complexity index is 402. The number of halogens is 2. The van der Waals surface area contributed by atoms with Crippen LogP contribution in [0, 0.1) is 11.2 Å². The van der Waals surface area contributed by atoms with E-state index >= 15 is 0 Å². The molecule has 3 N–H and O–H groups in total. The third-order valence-electron chi connectivity index (χ3n) is 3.90. The maximum Gasteiger partial charge on any atom is 0.142 e. The first-order valence-corrected chi connectivity index (χ1v) is 6.78. The number of hydrogen-bond donors (Lipinski definition) is 2. The maximum absolute atomic E-state index is 14.1. The van der Waals surface area contributed by atoms with E-state index in [-0.39, 0.29) is 17.3 Å². The number of nitrogens with two attached hydrogens (primary N) is 1. The van der Waals surface area contributed by atoms with Gasteiger partial charge in [0.1, 0.15) is 5.82 Å². The van der Waals surface area contributed by atoms with Crippen LogP contribution in [-0.2, 0) is 0 Å². The summed E-state index contributed by atoms with van der Waals surface area (Å²) in [6.07, 6.45) is 4.58. The molecule has 1 unspecified atom stereocenters. The quantitative estimate of drug-likeness (QED) is 0.660. The average Bonchev–Trinajstić information content (AvgIpc) is 2.73. The van der Waals surface area contributed by atoms with Gasteiger partial charge in [-0.15, -0.1) is 0 Å². The van der Waals surface area contributed by atoms with Crippen LogP contribution in [0.1, 0.15) is 44.2 Å². The first-order chi connectivity index (χ1) is 8.08. The second kappa shape index (κ2) is 5.04. The summed E-state index contributed by atoms with van der Waals surface area (Å²) in [5, 5.41) is 0. The van der Waals surface area contributed by atoms with Crippen molar-refractivity contribution in [1.29, 1.82) is 0 Å². The third kappa shape index (κ3) is 2.39. The second-order valence-electron chi connectivity index (χ2n) is 5.10. The smallest absolute Gasteiger partial charge is 0.142 e. The molecule has 1 saturated carbocycles. The topological polar surface area (TPSA) is 38.0 Å². The minimum atomic E-state index is -0.205. The lowest BCUT2D eigenvalue weighted by Crippen LogP contribution is -2.39. The summed E-state index contributed by atoms with van der Waals surface area (Å²) in [7, 11) is 0. The van der Waals surface area contributed by atoms with Gasteiger partial charge in [0.2, 0.25) is 0 Å². The number of rotatable bonds is 3. The molecule has 0 aromatic heterocycles. The van der Waals surface area contributed by atoms with Gasteiger partial charge >= 0.3 is 0 Å². The van der Waals surface area contributed by atoms with E-state index in [4.69, 9.17) is 5.84 Å². The van der Waals surface area contributed by atoms with Crippen LogP contribution in [0.5, 0.6) is 0 Å². The summed E-state index contributed by atoms with van der Waals surface area (Å²) in [5.74, 6) is 5.45. The van der Waals surface area contributed by atoms with Gasteiger partial charge in [0, 0.05) is 5.56 Å². The molecule has 1 aliphatic rings. The van der Waals surface area contributed by atoms with Gasteiger partial charge in [-0.25, -0.2) is 4.39 Å². The Hall–Kier alpha value is -0.450. The molecule has 2 rings (SSSR count). The van der Waals surface area contributed by atoms with Gasteiger partial charge in [0.15, 0.2) is 0 Å². The molecular formula is C13H18BrFN2. The van der Waals surface area contributed by atoms with Crippen LogP contribution >= 0.6 is 15.9 Å². The maximum atomic E-state index is 14.1. The van der Waals surface area contributed by atoms with Crippen molar-refractivity contribution in [2.24, 2.45) is 11.3 Å². The molecule has 0 saturated heterocycles. The van der Waals surface area contributed by atoms with Gasteiger partial charge in [0.05, 0.1) is 10.5 Å². The molecule has 4 heteroatoms. The fraction of sp³-hybridized carbons (Fsp3) is 0.538. The van der Waals surface area contributed by atoms with E-state index in [1.807, 2.05) is 12.1 Å². The lowest BCUT2D eigenvalue weighted by molar-refractivity contribution is 0.220. The zero-order valence-corrected chi connectivity index (χ0v) is 11.6. The van der Waals surface area contributed by atoms with Crippen molar-refractivity contribution in [1.82, 2.24) is 5.43 Å². The highest BCUT2D eigenvalue weighted by Gasteiger charge is 2.38. The van der Waals surface area contributed by atoms with Crippen molar-refractivity contribution in [3.05, 3.63) is 34.1 Å². The van der Waals surface area contributed by atoms with Crippen molar-refractivity contribution in [2.45, 2.75) is 38.6 Å². The van der Waals surface area contributed by atoms with Crippen molar-refractivity contribution < 1.29 is 4.39 Å². The standard InChI is InChI=1S/C13H18BrFN2/c1-13(7-2-3-8-13)12(17-16)9-5-4-6-10(14)11(9)15/h4-6,12,17H,2-3,7-8,16H2,1H3. The van der Waals surface area contributed by atoms with Gasteiger partial charge in [0.25, 0.3) is 0 Å². The Morgan fingerprint density at radius 3 is 2.65 bits per heavy atom. The minimum Gasteiger partial charge on any atom is -0.271 e. The van der Waals surface area contributed by atoms with Gasteiger partial charge in [-0.3, -0.25) is 11.3 Å². The van der Waals surface area contributed by atoms with Crippen LogP contribution in [-0.4, -0.2) is 0 Å². The molecule has 1 fully saturated rings. The van der Waals surface area contributed by atoms with Crippen LogP contribution in [0.4, 0.5) is 4.39 Å². The molecule has 0 bridgehead atoms. The Morgan fingerprint density at radius 1 is 1.41 bits per heavy atom. The minimum absolute atomic E-state index is 0.0520. The highest BCUT2D eigenvalue weighted by molar-refractivity contribution is 9.10.